The number of nitrogens with one attached hydrogen (secondary N) is 4. The van der Waals surface area contributed by atoms with Crippen LogP contribution in [-0.2, 0) is 32.0 Å². The molecule has 2 fully saturated rings. The van der Waals surface area contributed by atoms with Crippen LogP contribution in [0.15, 0.2) is 39.8 Å². The van der Waals surface area contributed by atoms with Gasteiger partial charge in [-0.05, 0) is 73.6 Å². The fourth-order valence-corrected chi connectivity index (χ4v) is 8.05. The number of aromatic amines is 1. The van der Waals surface area contributed by atoms with Crippen LogP contribution < -0.4 is 16.0 Å². The number of carbonyl (C=O) groups excluding carboxylic acids is 2. The number of rotatable bonds is 12. The minimum atomic E-state index is -1.72. The first-order chi connectivity index (χ1) is 21.6. The Labute approximate surface area is 277 Å². The van der Waals surface area contributed by atoms with E-state index in [2.05, 4.69) is 33.6 Å². The molecule has 6 atom stereocenters. The molecule has 13 heteroatoms. The van der Waals surface area contributed by atoms with E-state index in [0.717, 1.165) is 33.7 Å². The Balaban J connectivity index is 1.54. The number of thioether (sulfide) groups is 1. The minimum absolute atomic E-state index is 0.0372. The van der Waals surface area contributed by atoms with E-state index in [0.29, 0.717) is 34.7 Å². The normalized spacial score (nSPS) is 29.9. The molecule has 0 bridgehead atoms. The highest BCUT2D eigenvalue weighted by atomic mass is 32.2. The second-order valence-corrected chi connectivity index (χ2v) is 14.8. The van der Waals surface area contributed by atoms with Gasteiger partial charge in [-0.15, -0.1) is 0 Å². The first-order valence-electron chi connectivity index (χ1n) is 15.5. The van der Waals surface area contributed by atoms with Crippen molar-refractivity contribution in [2.45, 2.75) is 89.0 Å². The molecule has 0 unspecified atom stereocenters. The number of aliphatic carboxylic acids is 2. The molecule has 7 N–H and O–H groups in total. The van der Waals surface area contributed by atoms with Crippen LogP contribution in [0.2, 0.25) is 0 Å². The van der Waals surface area contributed by atoms with Gasteiger partial charge < -0.3 is 36.3 Å². The molecule has 5 rings (SSSR count). The Morgan fingerprint density at radius 1 is 1.13 bits per heavy atom. The molecular weight excluding hydrogens is 629 g/mol. The Bertz CT molecular complexity index is 1620. The zero-order chi connectivity index (χ0) is 33.7. The first kappa shape index (κ1) is 33.9. The van der Waals surface area contributed by atoms with Gasteiger partial charge in [-0.1, -0.05) is 13.8 Å². The van der Waals surface area contributed by atoms with Crippen molar-refractivity contribution in [3.8, 4) is 0 Å². The van der Waals surface area contributed by atoms with Crippen LogP contribution in [0, 0.1) is 18.8 Å². The summed E-state index contributed by atoms with van der Waals surface area (Å²) in [6.45, 7) is 9.34. The minimum Gasteiger partial charge on any atom is -0.481 e. The summed E-state index contributed by atoms with van der Waals surface area (Å²) in [7, 11) is 0. The summed E-state index contributed by atoms with van der Waals surface area (Å²) < 4.78 is 0. The van der Waals surface area contributed by atoms with Crippen LogP contribution in [0.25, 0.3) is 6.08 Å². The summed E-state index contributed by atoms with van der Waals surface area (Å²) in [5.41, 5.74) is 5.49. The third kappa shape index (κ3) is 6.68. The molecule has 1 aromatic rings. The highest BCUT2D eigenvalue weighted by Crippen LogP contribution is 2.42. The Morgan fingerprint density at radius 2 is 1.78 bits per heavy atom. The number of hydrogen-bond acceptors (Lipinski definition) is 8. The van der Waals surface area contributed by atoms with Crippen LogP contribution in [0.5, 0.6) is 0 Å². The fourth-order valence-electron chi connectivity index (χ4n) is 6.91. The second-order valence-electron chi connectivity index (χ2n) is 12.8. The van der Waals surface area contributed by atoms with Gasteiger partial charge in [0.05, 0.1) is 6.04 Å². The molecule has 1 aromatic heterocycles. The zero-order valence-corrected chi connectivity index (χ0v) is 28.3. The molecule has 2 amide bonds. The van der Waals surface area contributed by atoms with Crippen molar-refractivity contribution in [1.29, 1.82) is 0 Å². The molecule has 11 nitrogen and oxygen atoms in total. The highest BCUT2D eigenvalue weighted by Gasteiger charge is 2.43. The van der Waals surface area contributed by atoms with Gasteiger partial charge in [-0.25, -0.2) is 0 Å². The maximum absolute atomic E-state index is 12.7. The average Bonchev–Trinajstić information content (AvgIpc) is 3.55. The van der Waals surface area contributed by atoms with E-state index in [4.69, 9.17) is 0 Å². The van der Waals surface area contributed by atoms with Crippen molar-refractivity contribution in [3.63, 3.8) is 0 Å². The maximum Gasteiger partial charge on any atom is 0.303 e. The van der Waals surface area contributed by atoms with Gasteiger partial charge in [0.2, 0.25) is 11.8 Å². The molecule has 0 spiro atoms. The maximum atomic E-state index is 12.7. The van der Waals surface area contributed by atoms with Gasteiger partial charge in [0.1, 0.15) is 0 Å². The number of carbonyl (C=O) groups is 4. The van der Waals surface area contributed by atoms with Gasteiger partial charge in [-0.3, -0.25) is 19.2 Å². The van der Waals surface area contributed by atoms with Crippen LogP contribution in [0.3, 0.4) is 0 Å². The molecule has 4 aliphatic heterocycles. The lowest BCUT2D eigenvalue weighted by molar-refractivity contribution is -0.138. The fraction of sp³-hybridized carbons (Fsp3) is 0.515. The van der Waals surface area contributed by atoms with Crippen LogP contribution in [-0.4, -0.2) is 72.1 Å². The van der Waals surface area contributed by atoms with Crippen molar-refractivity contribution in [1.82, 2.24) is 20.9 Å². The number of carboxylic acids is 2. The summed E-state index contributed by atoms with van der Waals surface area (Å²) in [4.78, 5) is 51.9. The Morgan fingerprint density at radius 3 is 2.39 bits per heavy atom. The second kappa shape index (κ2) is 13.0. The quantitative estimate of drug-likeness (QED) is 0.122. The number of amides is 2. The Kier molecular flexibility index (Phi) is 9.59. The predicted molar refractivity (Wildman–Crippen MR) is 179 cm³/mol. The standard InChI is InChI=1S/C33H42N4O7S2/c1-14-19(6-8-27(38)39)23(34-21(14)10-22-15(2)30(26-13-46-26)32(43)35-22)11-24-20(7-9-28(40)41)17(4)33(44,37-24)12-25-29(18(5)45)16(3)31(42)36-25/h11-12,16,18,22,26,29,34,37,44-45H,6-10,13H2,1-5H3,(H,35,43)(H,36,42)(H,38,39)(H,40,41)/b24-11-,25-12-/t16-,18+,22-,26-,29+,33+/m1/s1. The molecule has 248 valence electrons. The Hall–Kier alpha value is -3.42. The van der Waals surface area contributed by atoms with Crippen molar-refractivity contribution >= 4 is 54.2 Å². The largest absolute Gasteiger partial charge is 0.481 e. The highest BCUT2D eigenvalue weighted by molar-refractivity contribution is 8.07. The van der Waals surface area contributed by atoms with E-state index in [1.54, 1.807) is 30.8 Å². The molecule has 0 saturated carbocycles. The summed E-state index contributed by atoms with van der Waals surface area (Å²) in [5, 5.41) is 40.2. The molecule has 46 heavy (non-hydrogen) atoms. The first-order valence-corrected chi connectivity index (χ1v) is 17.1. The molecule has 0 aromatic carbocycles. The van der Waals surface area contributed by atoms with Gasteiger partial charge in [0.15, 0.2) is 5.72 Å². The van der Waals surface area contributed by atoms with Gasteiger partial charge in [0.25, 0.3) is 0 Å². The van der Waals surface area contributed by atoms with Crippen LogP contribution in [0.1, 0.15) is 69.5 Å². The van der Waals surface area contributed by atoms with Gasteiger partial charge >= 0.3 is 11.9 Å². The predicted octanol–water partition coefficient (Wildman–Crippen LogP) is 3.21. The molecular formula is C33H42N4O7S2. The van der Waals surface area contributed by atoms with Gasteiger partial charge in [-0.2, -0.15) is 24.4 Å². The van der Waals surface area contributed by atoms with E-state index in [-0.39, 0.29) is 65.9 Å². The van der Waals surface area contributed by atoms with Crippen LogP contribution >= 0.6 is 24.4 Å². The SMILES string of the molecule is CC1=C([C@H]2CS2)C(=O)N[C@@H]1Cc1[nH]c(/C=C2\N[C@](O)(/C=C3\NC(=O)[C@H](C)[C@H]3[C@H](C)S)C(C)=C2CCC(=O)O)c(CCC(=O)O)c1C. The number of H-pyrrole nitrogens is 1. The number of carboxylic acid groups (broad SMARTS) is 2. The van der Waals surface area contributed by atoms with Crippen molar-refractivity contribution < 1.29 is 34.5 Å². The third-order valence-corrected chi connectivity index (χ3v) is 10.9. The lowest BCUT2D eigenvalue weighted by atomic mass is 9.89. The number of allylic oxidation sites excluding steroid dienone is 2. The summed E-state index contributed by atoms with van der Waals surface area (Å²) in [6, 6.07) is -0.186. The van der Waals surface area contributed by atoms with E-state index in [1.807, 2.05) is 27.7 Å². The van der Waals surface area contributed by atoms with Crippen molar-refractivity contribution in [2.75, 3.05) is 5.75 Å². The number of hydrogen-bond donors (Lipinski definition) is 8. The monoisotopic (exact) mass is 670 g/mol. The third-order valence-electron chi connectivity index (χ3n) is 9.68. The zero-order valence-electron chi connectivity index (χ0n) is 26.6. The number of thiol groups is 1. The molecule has 5 heterocycles. The summed E-state index contributed by atoms with van der Waals surface area (Å²) in [5.74, 6) is -1.77. The van der Waals surface area contributed by atoms with E-state index in [1.165, 1.54) is 0 Å². The molecule has 0 radical (unpaired) electrons. The van der Waals surface area contributed by atoms with Gasteiger partial charge in [0, 0.05) is 75.7 Å². The topological polar surface area (TPSA) is 181 Å². The number of aliphatic hydroxyl groups is 1. The molecule has 2 saturated heterocycles. The van der Waals surface area contributed by atoms with Crippen molar-refractivity contribution in [2.24, 2.45) is 11.8 Å². The lowest BCUT2D eigenvalue weighted by Gasteiger charge is -2.26. The summed E-state index contributed by atoms with van der Waals surface area (Å²) in [6.07, 6.45) is 3.99. The van der Waals surface area contributed by atoms with E-state index < -0.39 is 17.7 Å². The average molecular weight is 671 g/mol. The van der Waals surface area contributed by atoms with E-state index >= 15 is 0 Å². The summed E-state index contributed by atoms with van der Waals surface area (Å²) >= 11 is 6.34. The molecule has 0 aliphatic carbocycles. The van der Waals surface area contributed by atoms with E-state index in [9.17, 15) is 34.5 Å². The lowest BCUT2D eigenvalue weighted by Crippen LogP contribution is -2.40. The smallest absolute Gasteiger partial charge is 0.303 e. The van der Waals surface area contributed by atoms with Crippen molar-refractivity contribution in [3.05, 3.63) is 62.3 Å². The van der Waals surface area contributed by atoms with Crippen LogP contribution in [0.4, 0.5) is 0 Å². The number of aromatic nitrogens is 1. The molecule has 4 aliphatic rings.